The highest BCUT2D eigenvalue weighted by molar-refractivity contribution is 5.19. The average Bonchev–Trinajstić information content (AvgIpc) is 2.35. The number of hydrogen-bond donors (Lipinski definition) is 1. The number of halogens is 3. The van der Waals surface area contributed by atoms with Gasteiger partial charge in [0.2, 0.25) is 0 Å². The van der Waals surface area contributed by atoms with Crippen LogP contribution in [0.5, 0.6) is 5.75 Å². The average molecular weight is 278 g/mol. The summed E-state index contributed by atoms with van der Waals surface area (Å²) in [5.74, 6) is 0.580. The zero-order chi connectivity index (χ0) is 14.1. The van der Waals surface area contributed by atoms with Crippen LogP contribution >= 0.6 is 0 Å². The monoisotopic (exact) mass is 278 g/mol. The molecule has 0 radical (unpaired) electrons. The molecule has 1 aromatic heterocycles. The molecule has 0 atom stereocenters. The molecule has 0 aromatic carbocycles. The van der Waals surface area contributed by atoms with Gasteiger partial charge in [-0.25, -0.2) is 0 Å². The van der Waals surface area contributed by atoms with E-state index in [0.717, 1.165) is 5.69 Å². The van der Waals surface area contributed by atoms with Gasteiger partial charge in [-0.05, 0) is 18.7 Å². The molecule has 19 heavy (non-hydrogen) atoms. The van der Waals surface area contributed by atoms with Crippen molar-refractivity contribution in [1.29, 1.82) is 0 Å². The molecular weight excluding hydrogens is 261 g/mol. The summed E-state index contributed by atoms with van der Waals surface area (Å²) in [7, 11) is 0. The second-order valence-corrected chi connectivity index (χ2v) is 3.89. The molecule has 0 unspecified atom stereocenters. The lowest BCUT2D eigenvalue weighted by Crippen LogP contribution is -2.18. The molecule has 108 valence electrons. The molecule has 0 spiro atoms. The van der Waals surface area contributed by atoms with Crippen molar-refractivity contribution < 1.29 is 22.6 Å². The number of pyridine rings is 1. The van der Waals surface area contributed by atoms with Crippen LogP contribution in [0, 0.1) is 0 Å². The minimum Gasteiger partial charge on any atom is -0.492 e. The predicted molar refractivity (Wildman–Crippen MR) is 64.0 cm³/mol. The van der Waals surface area contributed by atoms with Crippen LogP contribution in [0.15, 0.2) is 18.3 Å². The van der Waals surface area contributed by atoms with Gasteiger partial charge in [0.1, 0.15) is 12.4 Å². The summed E-state index contributed by atoms with van der Waals surface area (Å²) in [6, 6.07) is 3.57. The first-order valence-electron chi connectivity index (χ1n) is 5.93. The zero-order valence-electron chi connectivity index (χ0n) is 10.4. The van der Waals surface area contributed by atoms with Crippen LogP contribution in [0.2, 0.25) is 0 Å². The van der Waals surface area contributed by atoms with Crippen LogP contribution < -0.4 is 10.5 Å². The number of rotatable bonds is 8. The Morgan fingerprint density at radius 2 is 2.00 bits per heavy atom. The minimum atomic E-state index is -4.27. The van der Waals surface area contributed by atoms with Crippen molar-refractivity contribution in [2.45, 2.75) is 19.0 Å². The Labute approximate surface area is 109 Å². The van der Waals surface area contributed by atoms with Crippen molar-refractivity contribution in [3.8, 4) is 5.75 Å². The van der Waals surface area contributed by atoms with E-state index in [-0.39, 0.29) is 13.2 Å². The number of aromatic nitrogens is 1. The standard InChI is InChI=1S/C12H17F3N2O2/c13-12(14,15)9-18-6-1-7-19-11-3-2-10(4-5-16)17-8-11/h2-3,8H,1,4-7,9,16H2. The van der Waals surface area contributed by atoms with Crippen molar-refractivity contribution in [3.05, 3.63) is 24.0 Å². The topological polar surface area (TPSA) is 57.4 Å². The molecule has 0 aliphatic heterocycles. The maximum Gasteiger partial charge on any atom is 0.411 e. The fraction of sp³-hybridized carbons (Fsp3) is 0.583. The normalized spacial score (nSPS) is 11.6. The Morgan fingerprint density at radius 3 is 2.58 bits per heavy atom. The van der Waals surface area contributed by atoms with Gasteiger partial charge in [-0.3, -0.25) is 4.98 Å². The molecule has 1 rings (SSSR count). The van der Waals surface area contributed by atoms with Crippen molar-refractivity contribution in [3.63, 3.8) is 0 Å². The van der Waals surface area contributed by atoms with Crippen LogP contribution in [-0.2, 0) is 11.2 Å². The van der Waals surface area contributed by atoms with Gasteiger partial charge < -0.3 is 15.2 Å². The fourth-order valence-corrected chi connectivity index (χ4v) is 1.33. The molecule has 2 N–H and O–H groups in total. The van der Waals surface area contributed by atoms with Gasteiger partial charge in [-0.2, -0.15) is 13.2 Å². The molecule has 1 aromatic rings. The zero-order valence-corrected chi connectivity index (χ0v) is 10.4. The van der Waals surface area contributed by atoms with Gasteiger partial charge in [-0.15, -0.1) is 0 Å². The fourth-order valence-electron chi connectivity index (χ4n) is 1.33. The van der Waals surface area contributed by atoms with Crippen LogP contribution in [0.1, 0.15) is 12.1 Å². The smallest absolute Gasteiger partial charge is 0.411 e. The van der Waals surface area contributed by atoms with E-state index in [1.807, 2.05) is 6.07 Å². The van der Waals surface area contributed by atoms with Crippen molar-refractivity contribution in [2.24, 2.45) is 5.73 Å². The Kier molecular flexibility index (Phi) is 6.58. The molecule has 0 fully saturated rings. The van der Waals surface area contributed by atoms with Crippen molar-refractivity contribution >= 4 is 0 Å². The Morgan fingerprint density at radius 1 is 1.21 bits per heavy atom. The Balaban J connectivity index is 2.12. The van der Waals surface area contributed by atoms with Crippen LogP contribution in [0.25, 0.3) is 0 Å². The highest BCUT2D eigenvalue weighted by Gasteiger charge is 2.27. The SMILES string of the molecule is NCCc1ccc(OCCCOCC(F)(F)F)cn1. The van der Waals surface area contributed by atoms with Crippen LogP contribution in [0.4, 0.5) is 13.2 Å². The Hall–Kier alpha value is -1.34. The van der Waals surface area contributed by atoms with Crippen molar-refractivity contribution in [1.82, 2.24) is 4.98 Å². The molecule has 0 saturated heterocycles. The molecule has 0 amide bonds. The summed E-state index contributed by atoms with van der Waals surface area (Å²) in [6.45, 7) is -0.389. The summed E-state index contributed by atoms with van der Waals surface area (Å²) in [6.07, 6.45) is -1.61. The highest BCUT2D eigenvalue weighted by Crippen LogP contribution is 2.14. The van der Waals surface area contributed by atoms with E-state index >= 15 is 0 Å². The summed E-state index contributed by atoms with van der Waals surface area (Å²) < 4.78 is 45.0. The maximum absolute atomic E-state index is 11.8. The van der Waals surface area contributed by atoms with E-state index in [1.165, 1.54) is 0 Å². The largest absolute Gasteiger partial charge is 0.492 e. The van der Waals surface area contributed by atoms with Gasteiger partial charge >= 0.3 is 6.18 Å². The van der Waals surface area contributed by atoms with Gasteiger partial charge in [0.25, 0.3) is 0 Å². The third kappa shape index (κ3) is 7.63. The highest BCUT2D eigenvalue weighted by atomic mass is 19.4. The van der Waals surface area contributed by atoms with Gasteiger partial charge in [-0.1, -0.05) is 0 Å². The van der Waals surface area contributed by atoms with E-state index in [1.54, 1.807) is 12.3 Å². The van der Waals surface area contributed by atoms with Gasteiger partial charge in [0.15, 0.2) is 0 Å². The molecule has 0 aliphatic carbocycles. The number of nitrogens with zero attached hydrogens (tertiary/aromatic N) is 1. The molecule has 1 heterocycles. The van der Waals surface area contributed by atoms with E-state index in [9.17, 15) is 13.2 Å². The second kappa shape index (κ2) is 7.96. The lowest BCUT2D eigenvalue weighted by molar-refractivity contribution is -0.174. The van der Waals surface area contributed by atoms with E-state index in [0.29, 0.717) is 25.1 Å². The predicted octanol–water partition coefficient (Wildman–Crippen LogP) is 1.93. The first-order valence-corrected chi connectivity index (χ1v) is 5.93. The van der Waals surface area contributed by atoms with Crippen LogP contribution in [0.3, 0.4) is 0 Å². The number of alkyl halides is 3. The summed E-state index contributed by atoms with van der Waals surface area (Å²) in [4.78, 5) is 4.13. The maximum atomic E-state index is 11.8. The first kappa shape index (κ1) is 15.7. The number of hydrogen-bond acceptors (Lipinski definition) is 4. The van der Waals surface area contributed by atoms with E-state index in [4.69, 9.17) is 10.5 Å². The number of ether oxygens (including phenoxy) is 2. The van der Waals surface area contributed by atoms with Gasteiger partial charge in [0, 0.05) is 18.5 Å². The molecular formula is C12H17F3N2O2. The van der Waals surface area contributed by atoms with Crippen molar-refractivity contribution in [2.75, 3.05) is 26.4 Å². The first-order chi connectivity index (χ1) is 9.01. The van der Waals surface area contributed by atoms with Crippen LogP contribution in [-0.4, -0.2) is 37.5 Å². The molecule has 0 bridgehead atoms. The number of nitrogens with two attached hydrogens (primary N) is 1. The molecule has 0 aliphatic rings. The third-order valence-corrected chi connectivity index (χ3v) is 2.17. The summed E-state index contributed by atoms with van der Waals surface area (Å²) in [5, 5.41) is 0. The Bertz CT molecular complexity index is 355. The third-order valence-electron chi connectivity index (χ3n) is 2.17. The summed E-state index contributed by atoms with van der Waals surface area (Å²) >= 11 is 0. The molecule has 0 saturated carbocycles. The minimum absolute atomic E-state index is 0.0121. The second-order valence-electron chi connectivity index (χ2n) is 3.89. The molecule has 7 heteroatoms. The quantitative estimate of drug-likeness (QED) is 0.738. The molecule has 4 nitrogen and oxygen atoms in total. The summed E-state index contributed by atoms with van der Waals surface area (Å²) in [5.41, 5.74) is 6.27. The van der Waals surface area contributed by atoms with E-state index in [2.05, 4.69) is 9.72 Å². The lowest BCUT2D eigenvalue weighted by Gasteiger charge is -2.08. The van der Waals surface area contributed by atoms with Gasteiger partial charge in [0.05, 0.1) is 19.4 Å². The van der Waals surface area contributed by atoms with E-state index < -0.39 is 12.8 Å². The lowest BCUT2D eigenvalue weighted by atomic mass is 10.3.